The first-order valence-corrected chi connectivity index (χ1v) is 10.0. The van der Waals surface area contributed by atoms with E-state index in [2.05, 4.69) is 83.9 Å². The standard InChI is InChI=1S/C24H27N3O/c1-19(22-13-7-9-20-8-5-6-12-23(20)22)25-18-24(28)27-16-14-26(15-17-27)21-10-3-2-4-11-21/h2-13,19,25H,14-18H2,1H3/t19-/m0/s1. The van der Waals surface area contributed by atoms with E-state index in [1.807, 2.05) is 11.0 Å². The third-order valence-electron chi connectivity index (χ3n) is 5.60. The number of hydrogen-bond acceptors (Lipinski definition) is 3. The Labute approximate surface area is 166 Å². The van der Waals surface area contributed by atoms with Crippen molar-refractivity contribution in [2.45, 2.75) is 13.0 Å². The van der Waals surface area contributed by atoms with Crippen LogP contribution in [0.3, 0.4) is 0 Å². The molecule has 28 heavy (non-hydrogen) atoms. The number of rotatable bonds is 5. The summed E-state index contributed by atoms with van der Waals surface area (Å²) < 4.78 is 0. The first kappa shape index (κ1) is 18.5. The minimum Gasteiger partial charge on any atom is -0.368 e. The smallest absolute Gasteiger partial charge is 0.236 e. The molecule has 1 fully saturated rings. The lowest BCUT2D eigenvalue weighted by Gasteiger charge is -2.36. The molecule has 0 radical (unpaired) electrons. The number of piperazine rings is 1. The fraction of sp³-hybridized carbons (Fsp3) is 0.292. The van der Waals surface area contributed by atoms with Crippen molar-refractivity contribution in [1.82, 2.24) is 10.2 Å². The lowest BCUT2D eigenvalue weighted by Crippen LogP contribution is -2.51. The van der Waals surface area contributed by atoms with Gasteiger partial charge in [-0.1, -0.05) is 60.7 Å². The fourth-order valence-electron chi connectivity index (χ4n) is 3.94. The van der Waals surface area contributed by atoms with Crippen LogP contribution in [0.2, 0.25) is 0 Å². The van der Waals surface area contributed by atoms with Crippen LogP contribution in [0.4, 0.5) is 5.69 Å². The van der Waals surface area contributed by atoms with E-state index in [4.69, 9.17) is 0 Å². The molecule has 1 N–H and O–H groups in total. The molecule has 0 spiro atoms. The van der Waals surface area contributed by atoms with Gasteiger partial charge in [0.15, 0.2) is 0 Å². The zero-order valence-electron chi connectivity index (χ0n) is 16.3. The predicted octanol–water partition coefficient (Wildman–Crippen LogP) is 3.84. The van der Waals surface area contributed by atoms with Crippen LogP contribution in [0.1, 0.15) is 18.5 Å². The van der Waals surface area contributed by atoms with Crippen LogP contribution in [0.5, 0.6) is 0 Å². The molecule has 1 aliphatic heterocycles. The van der Waals surface area contributed by atoms with Crippen molar-refractivity contribution < 1.29 is 4.79 Å². The minimum absolute atomic E-state index is 0.126. The summed E-state index contributed by atoms with van der Waals surface area (Å²) in [5.74, 6) is 0.180. The molecule has 3 aromatic rings. The van der Waals surface area contributed by atoms with E-state index >= 15 is 0 Å². The van der Waals surface area contributed by atoms with Gasteiger partial charge in [0.05, 0.1) is 6.54 Å². The number of para-hydroxylation sites is 1. The summed E-state index contributed by atoms with van der Waals surface area (Å²) in [6.45, 7) is 5.82. The molecular weight excluding hydrogens is 346 g/mol. The van der Waals surface area contributed by atoms with E-state index in [0.29, 0.717) is 6.54 Å². The second-order valence-corrected chi connectivity index (χ2v) is 7.37. The summed E-state index contributed by atoms with van der Waals surface area (Å²) >= 11 is 0. The van der Waals surface area contributed by atoms with Gasteiger partial charge in [-0.3, -0.25) is 4.79 Å². The third-order valence-corrected chi connectivity index (χ3v) is 5.60. The Morgan fingerprint density at radius 3 is 2.36 bits per heavy atom. The SMILES string of the molecule is C[C@H](NCC(=O)N1CCN(c2ccccc2)CC1)c1cccc2ccccc12. The van der Waals surface area contributed by atoms with Gasteiger partial charge in [0.2, 0.25) is 5.91 Å². The van der Waals surface area contributed by atoms with Crippen LogP contribution < -0.4 is 10.2 Å². The largest absolute Gasteiger partial charge is 0.368 e. The van der Waals surface area contributed by atoms with E-state index in [-0.39, 0.29) is 11.9 Å². The molecule has 4 rings (SSSR count). The molecule has 4 heteroatoms. The predicted molar refractivity (Wildman–Crippen MR) is 116 cm³/mol. The number of carbonyl (C=O) groups is 1. The quantitative estimate of drug-likeness (QED) is 0.738. The molecular formula is C24H27N3O. The van der Waals surface area contributed by atoms with Crippen molar-refractivity contribution in [2.24, 2.45) is 0 Å². The molecule has 3 aromatic carbocycles. The maximum absolute atomic E-state index is 12.7. The zero-order chi connectivity index (χ0) is 19.3. The first-order chi connectivity index (χ1) is 13.7. The molecule has 1 amide bonds. The van der Waals surface area contributed by atoms with Gasteiger partial charge in [-0.05, 0) is 35.4 Å². The van der Waals surface area contributed by atoms with Crippen LogP contribution in [0, 0.1) is 0 Å². The summed E-state index contributed by atoms with van der Waals surface area (Å²) in [5, 5.41) is 5.90. The van der Waals surface area contributed by atoms with Gasteiger partial charge in [-0.15, -0.1) is 0 Å². The summed E-state index contributed by atoms with van der Waals surface area (Å²) in [4.78, 5) is 17.0. The average Bonchev–Trinajstić information content (AvgIpc) is 2.77. The lowest BCUT2D eigenvalue weighted by atomic mass is 10.00. The van der Waals surface area contributed by atoms with Gasteiger partial charge < -0.3 is 15.1 Å². The Kier molecular flexibility index (Phi) is 5.58. The number of anilines is 1. The van der Waals surface area contributed by atoms with Crippen LogP contribution in [0.15, 0.2) is 72.8 Å². The monoisotopic (exact) mass is 373 g/mol. The Balaban J connectivity index is 1.32. The Bertz CT molecular complexity index is 927. The molecule has 0 aromatic heterocycles. The second kappa shape index (κ2) is 8.44. The van der Waals surface area contributed by atoms with E-state index in [1.54, 1.807) is 0 Å². The zero-order valence-corrected chi connectivity index (χ0v) is 16.3. The van der Waals surface area contributed by atoms with Crippen molar-refractivity contribution in [2.75, 3.05) is 37.6 Å². The van der Waals surface area contributed by atoms with Gasteiger partial charge in [0.25, 0.3) is 0 Å². The number of nitrogens with zero attached hydrogens (tertiary/aromatic N) is 2. The van der Waals surface area contributed by atoms with Crippen molar-refractivity contribution in [1.29, 1.82) is 0 Å². The number of hydrogen-bond donors (Lipinski definition) is 1. The molecule has 0 saturated carbocycles. The average molecular weight is 374 g/mol. The fourth-order valence-corrected chi connectivity index (χ4v) is 3.94. The molecule has 4 nitrogen and oxygen atoms in total. The van der Waals surface area contributed by atoms with Gasteiger partial charge >= 0.3 is 0 Å². The molecule has 1 aliphatic rings. The number of carbonyl (C=O) groups excluding carboxylic acids is 1. The molecule has 1 atom stereocenters. The van der Waals surface area contributed by atoms with E-state index in [1.165, 1.54) is 22.0 Å². The highest BCUT2D eigenvalue weighted by atomic mass is 16.2. The number of fused-ring (bicyclic) bond motifs is 1. The Hall–Kier alpha value is -2.85. The molecule has 0 unspecified atom stereocenters. The summed E-state index contributed by atoms with van der Waals surface area (Å²) in [5.41, 5.74) is 2.47. The van der Waals surface area contributed by atoms with Gasteiger partial charge in [-0.25, -0.2) is 0 Å². The number of benzene rings is 3. The van der Waals surface area contributed by atoms with E-state index in [9.17, 15) is 4.79 Å². The van der Waals surface area contributed by atoms with Crippen LogP contribution in [-0.2, 0) is 4.79 Å². The van der Waals surface area contributed by atoms with E-state index in [0.717, 1.165) is 26.2 Å². The summed E-state index contributed by atoms with van der Waals surface area (Å²) in [6.07, 6.45) is 0. The second-order valence-electron chi connectivity index (χ2n) is 7.37. The van der Waals surface area contributed by atoms with E-state index < -0.39 is 0 Å². The normalized spacial score (nSPS) is 15.6. The number of nitrogens with one attached hydrogen (secondary N) is 1. The maximum atomic E-state index is 12.7. The molecule has 1 heterocycles. The molecule has 0 aliphatic carbocycles. The highest BCUT2D eigenvalue weighted by Gasteiger charge is 2.21. The molecule has 0 bridgehead atoms. The highest BCUT2D eigenvalue weighted by Crippen LogP contribution is 2.24. The molecule has 144 valence electrons. The van der Waals surface area contributed by atoms with Crippen LogP contribution >= 0.6 is 0 Å². The Morgan fingerprint density at radius 1 is 0.893 bits per heavy atom. The third kappa shape index (κ3) is 4.02. The summed E-state index contributed by atoms with van der Waals surface area (Å²) in [7, 11) is 0. The van der Waals surface area contributed by atoms with Crippen LogP contribution in [-0.4, -0.2) is 43.5 Å². The van der Waals surface area contributed by atoms with Gasteiger partial charge in [0, 0.05) is 37.9 Å². The molecule has 1 saturated heterocycles. The van der Waals surface area contributed by atoms with Crippen molar-refractivity contribution >= 4 is 22.4 Å². The van der Waals surface area contributed by atoms with Crippen molar-refractivity contribution in [3.8, 4) is 0 Å². The summed E-state index contributed by atoms with van der Waals surface area (Å²) in [6, 6.07) is 25.3. The lowest BCUT2D eigenvalue weighted by molar-refractivity contribution is -0.130. The van der Waals surface area contributed by atoms with Gasteiger partial charge in [0.1, 0.15) is 0 Å². The van der Waals surface area contributed by atoms with Crippen molar-refractivity contribution in [3.05, 3.63) is 78.4 Å². The van der Waals surface area contributed by atoms with Crippen LogP contribution in [0.25, 0.3) is 10.8 Å². The highest BCUT2D eigenvalue weighted by molar-refractivity contribution is 5.86. The number of amides is 1. The topological polar surface area (TPSA) is 35.6 Å². The van der Waals surface area contributed by atoms with Gasteiger partial charge in [-0.2, -0.15) is 0 Å². The first-order valence-electron chi connectivity index (χ1n) is 10.0. The maximum Gasteiger partial charge on any atom is 0.236 e. The van der Waals surface area contributed by atoms with Crippen molar-refractivity contribution in [3.63, 3.8) is 0 Å². The minimum atomic E-state index is 0.126. The Morgan fingerprint density at radius 2 is 1.57 bits per heavy atom.